The average molecular weight is 280 g/mol. The van der Waals surface area contributed by atoms with Gasteiger partial charge in [0, 0.05) is 19.3 Å². The molecule has 0 aromatic rings. The second-order valence-corrected chi connectivity index (χ2v) is 9.55. The predicted molar refractivity (Wildman–Crippen MR) is 64.1 cm³/mol. The van der Waals surface area contributed by atoms with Crippen molar-refractivity contribution < 1.29 is 21.6 Å². The second-order valence-electron chi connectivity index (χ2n) is 4.59. The zero-order valence-electron chi connectivity index (χ0n) is 9.63. The lowest BCUT2D eigenvalue weighted by Crippen LogP contribution is -2.74. The summed E-state index contributed by atoms with van der Waals surface area (Å²) in [6.07, 6.45) is 2.62. The molecule has 98 valence electrons. The van der Waals surface area contributed by atoms with Gasteiger partial charge in [-0.05, 0) is 12.8 Å². The van der Waals surface area contributed by atoms with E-state index in [1.807, 2.05) is 0 Å². The van der Waals surface area contributed by atoms with Crippen LogP contribution in [0, 0.1) is 0 Å². The molecule has 0 saturated carbocycles. The summed E-state index contributed by atoms with van der Waals surface area (Å²) in [5.74, 6) is 0. The Balaban J connectivity index is 2.57. The van der Waals surface area contributed by atoms with Crippen molar-refractivity contribution >= 4 is 19.7 Å². The largest absolute Gasteiger partial charge is 0.374 e. The van der Waals surface area contributed by atoms with E-state index in [2.05, 4.69) is 6.58 Å². The quantitative estimate of drug-likeness (QED) is 0.694. The molecule has 7 heteroatoms. The maximum absolute atomic E-state index is 12.2. The Bertz CT molecular complexity index is 533. The van der Waals surface area contributed by atoms with Gasteiger partial charge < -0.3 is 4.74 Å². The van der Waals surface area contributed by atoms with Crippen LogP contribution in [-0.2, 0) is 24.4 Å². The summed E-state index contributed by atoms with van der Waals surface area (Å²) in [6.45, 7) is 3.88. The summed E-state index contributed by atoms with van der Waals surface area (Å²) in [7, 11) is -7.44. The first-order chi connectivity index (χ1) is 7.79. The summed E-state index contributed by atoms with van der Waals surface area (Å²) in [4.78, 5) is 0. The van der Waals surface area contributed by atoms with Crippen LogP contribution < -0.4 is 0 Å². The number of hydrogen-bond acceptors (Lipinski definition) is 5. The summed E-state index contributed by atoms with van der Waals surface area (Å²) >= 11 is 0. The minimum Gasteiger partial charge on any atom is -0.374 e. The topological polar surface area (TPSA) is 77.5 Å². The summed E-state index contributed by atoms with van der Waals surface area (Å²) in [5.41, 5.74) is 0. The third kappa shape index (κ3) is 1.45. The highest BCUT2D eigenvalue weighted by Gasteiger charge is 2.73. The second kappa shape index (κ2) is 3.80. The number of rotatable bonds is 3. The molecule has 5 nitrogen and oxygen atoms in total. The highest BCUT2D eigenvalue weighted by Crippen LogP contribution is 2.51. The maximum atomic E-state index is 12.2. The summed E-state index contributed by atoms with van der Waals surface area (Å²) in [6, 6.07) is 0. The van der Waals surface area contributed by atoms with E-state index in [4.69, 9.17) is 4.74 Å². The zero-order chi connectivity index (χ0) is 12.9. The molecule has 0 spiro atoms. The average Bonchev–Trinajstić information content (AvgIpc) is 2.24. The van der Waals surface area contributed by atoms with Crippen LogP contribution in [0.15, 0.2) is 12.7 Å². The number of hydrogen-bond donors (Lipinski definition) is 0. The molecule has 2 rings (SSSR count). The lowest BCUT2D eigenvalue weighted by molar-refractivity contribution is -0.00838. The molecular weight excluding hydrogens is 264 g/mol. The molecule has 0 aliphatic carbocycles. The van der Waals surface area contributed by atoms with Crippen LogP contribution in [0.1, 0.15) is 19.3 Å². The Kier molecular flexibility index (Phi) is 2.91. The first-order valence-corrected chi connectivity index (χ1v) is 8.88. The lowest BCUT2D eigenvalue weighted by Gasteiger charge is -2.53. The van der Waals surface area contributed by atoms with Crippen molar-refractivity contribution in [3.63, 3.8) is 0 Å². The monoisotopic (exact) mass is 280 g/mol. The lowest BCUT2D eigenvalue weighted by atomic mass is 10.0. The van der Waals surface area contributed by atoms with E-state index in [1.54, 1.807) is 0 Å². The summed E-state index contributed by atoms with van der Waals surface area (Å²) < 4.78 is 51.9. The van der Waals surface area contributed by atoms with Crippen LogP contribution in [0.3, 0.4) is 0 Å². The van der Waals surface area contributed by atoms with Crippen LogP contribution >= 0.6 is 0 Å². The molecule has 0 amide bonds. The Morgan fingerprint density at radius 3 is 2.71 bits per heavy atom. The van der Waals surface area contributed by atoms with Gasteiger partial charge in [0.15, 0.2) is 19.7 Å². The Hall–Kier alpha value is -0.400. The van der Waals surface area contributed by atoms with Crippen LogP contribution in [0.25, 0.3) is 0 Å². The molecule has 0 aromatic carbocycles. The van der Waals surface area contributed by atoms with Gasteiger partial charge in [0.1, 0.15) is 6.10 Å². The van der Waals surface area contributed by atoms with E-state index in [1.165, 1.54) is 6.08 Å². The van der Waals surface area contributed by atoms with Crippen molar-refractivity contribution in [2.45, 2.75) is 34.7 Å². The first-order valence-electron chi connectivity index (χ1n) is 5.44. The zero-order valence-corrected chi connectivity index (χ0v) is 11.3. The van der Waals surface area contributed by atoms with Crippen molar-refractivity contribution in [3.8, 4) is 0 Å². The number of fused-ring (bicyclic) bond motifs is 1. The maximum Gasteiger partial charge on any atom is 0.203 e. The fourth-order valence-electron chi connectivity index (χ4n) is 2.83. The van der Waals surface area contributed by atoms with Crippen molar-refractivity contribution in [2.75, 3.05) is 12.9 Å². The van der Waals surface area contributed by atoms with Gasteiger partial charge in [-0.15, -0.1) is 6.58 Å². The van der Waals surface area contributed by atoms with Gasteiger partial charge in [-0.2, -0.15) is 0 Å². The number of ether oxygens (including phenoxy) is 1. The molecule has 0 unspecified atom stereocenters. The smallest absolute Gasteiger partial charge is 0.203 e. The number of sulfone groups is 2. The highest BCUT2D eigenvalue weighted by atomic mass is 32.3. The number of allylic oxidation sites excluding steroid dienone is 1. The predicted octanol–water partition coefficient (Wildman–Crippen LogP) is 0.279. The minimum atomic E-state index is -3.75. The van der Waals surface area contributed by atoms with Crippen molar-refractivity contribution in [2.24, 2.45) is 0 Å². The molecule has 2 fully saturated rings. The Labute approximate surface area is 102 Å². The van der Waals surface area contributed by atoms with Crippen molar-refractivity contribution in [3.05, 3.63) is 12.7 Å². The first kappa shape index (κ1) is 13.0. The third-order valence-corrected chi connectivity index (χ3v) is 9.54. The van der Waals surface area contributed by atoms with Gasteiger partial charge >= 0.3 is 0 Å². The molecule has 3 atom stereocenters. The molecule has 0 radical (unpaired) electrons. The molecule has 2 aliphatic rings. The third-order valence-electron chi connectivity index (χ3n) is 3.64. The van der Waals surface area contributed by atoms with Gasteiger partial charge in [0.25, 0.3) is 0 Å². The molecule has 2 saturated heterocycles. The van der Waals surface area contributed by atoms with Gasteiger partial charge in [0.05, 0.1) is 5.25 Å². The van der Waals surface area contributed by atoms with E-state index in [0.717, 1.165) is 6.26 Å². The van der Waals surface area contributed by atoms with Crippen LogP contribution in [-0.4, -0.2) is 45.1 Å². The molecule has 2 heterocycles. The van der Waals surface area contributed by atoms with Crippen molar-refractivity contribution in [1.82, 2.24) is 0 Å². The van der Waals surface area contributed by atoms with E-state index in [9.17, 15) is 16.8 Å². The molecule has 17 heavy (non-hydrogen) atoms. The molecule has 2 aliphatic heterocycles. The molecule has 0 N–H and O–H groups in total. The molecule has 0 bridgehead atoms. The standard InChI is InChI=1S/C10H16O5S2/c1-3-6-10(16(2,11)12)9-8(17(10,13)14)5-4-7-15-9/h3,8-9H,1,4-7H2,2H3/t8-,9+,10-/m0/s1. The molecule has 0 aromatic heterocycles. The SMILES string of the molecule is C=CC[C@@]1(S(C)(=O)=O)[C@@H]2OCCC[C@@H]2S1(=O)=O. The van der Waals surface area contributed by atoms with Crippen molar-refractivity contribution in [1.29, 1.82) is 0 Å². The van der Waals surface area contributed by atoms with E-state index < -0.39 is 35.1 Å². The van der Waals surface area contributed by atoms with E-state index >= 15 is 0 Å². The minimum absolute atomic E-state index is 0.102. The van der Waals surface area contributed by atoms with Gasteiger partial charge in [0.2, 0.25) is 4.08 Å². The molecular formula is C10H16O5S2. The normalized spacial score (nSPS) is 40.1. The Morgan fingerprint density at radius 2 is 2.18 bits per heavy atom. The van der Waals surface area contributed by atoms with Gasteiger partial charge in [-0.25, -0.2) is 16.8 Å². The fourth-order valence-corrected chi connectivity index (χ4v) is 8.36. The highest BCUT2D eigenvalue weighted by molar-refractivity contribution is 8.11. The van der Waals surface area contributed by atoms with Crippen LogP contribution in [0.4, 0.5) is 0 Å². The van der Waals surface area contributed by atoms with E-state index in [-0.39, 0.29) is 6.42 Å². The van der Waals surface area contributed by atoms with E-state index in [0.29, 0.717) is 19.4 Å². The fraction of sp³-hybridized carbons (Fsp3) is 0.800. The van der Waals surface area contributed by atoms with Gasteiger partial charge in [-0.1, -0.05) is 6.08 Å². The van der Waals surface area contributed by atoms with Crippen LogP contribution in [0.2, 0.25) is 0 Å². The Morgan fingerprint density at radius 1 is 1.53 bits per heavy atom. The summed E-state index contributed by atoms with van der Waals surface area (Å²) in [5, 5.41) is -0.661. The van der Waals surface area contributed by atoms with Crippen LogP contribution in [0.5, 0.6) is 0 Å². The van der Waals surface area contributed by atoms with Gasteiger partial charge in [-0.3, -0.25) is 0 Å².